The van der Waals surface area contributed by atoms with Crippen molar-refractivity contribution in [3.63, 3.8) is 0 Å². The second kappa shape index (κ2) is 12.3. The molecule has 2 aliphatic rings. The molecule has 3 N–H and O–H groups in total. The topological polar surface area (TPSA) is 83.2 Å². The van der Waals surface area contributed by atoms with Crippen LogP contribution in [-0.4, -0.2) is 68.5 Å². The van der Waals surface area contributed by atoms with Gasteiger partial charge in [0.05, 0.1) is 13.2 Å². The number of primary amides is 1. The number of piperidine rings is 1. The summed E-state index contributed by atoms with van der Waals surface area (Å²) in [6.45, 7) is 4.85. The number of rotatable bonds is 7. The number of benzene rings is 1. The summed E-state index contributed by atoms with van der Waals surface area (Å²) < 4.78 is 5.32. The van der Waals surface area contributed by atoms with Crippen molar-refractivity contribution < 1.29 is 9.53 Å². The molecule has 0 aliphatic carbocycles. The lowest BCUT2D eigenvalue weighted by Gasteiger charge is -2.36. The van der Waals surface area contributed by atoms with E-state index in [-0.39, 0.29) is 29.9 Å². The maximum Gasteiger partial charge on any atom is 0.217 e. The first-order valence-corrected chi connectivity index (χ1v) is 10.7. The Kier molecular flexibility index (Phi) is 10.2. The number of methoxy groups -OCH3 is 1. The minimum absolute atomic E-state index is 0. The highest BCUT2D eigenvalue weighted by atomic mass is 127. The Hall–Kier alpha value is -1.55. The van der Waals surface area contributed by atoms with E-state index < -0.39 is 0 Å². The van der Waals surface area contributed by atoms with Gasteiger partial charge in [-0.25, -0.2) is 0 Å². The summed E-state index contributed by atoms with van der Waals surface area (Å²) in [6, 6.07) is 8.69. The molecule has 0 aromatic heterocycles. The van der Waals surface area contributed by atoms with Gasteiger partial charge in [-0.2, -0.15) is 0 Å². The van der Waals surface area contributed by atoms with Crippen LogP contribution in [0.3, 0.4) is 0 Å². The summed E-state index contributed by atoms with van der Waals surface area (Å²) in [4.78, 5) is 20.7. The molecular formula is C22H36IN5O2. The lowest BCUT2D eigenvalue weighted by Crippen LogP contribution is -2.49. The average Bonchev–Trinajstić information content (AvgIpc) is 3.26. The van der Waals surface area contributed by atoms with Crippen molar-refractivity contribution >= 4 is 35.8 Å². The zero-order valence-electron chi connectivity index (χ0n) is 18.2. The van der Waals surface area contributed by atoms with E-state index in [1.54, 1.807) is 7.11 Å². The van der Waals surface area contributed by atoms with Crippen molar-refractivity contribution in [2.45, 2.75) is 38.1 Å². The second-order valence-corrected chi connectivity index (χ2v) is 8.08. The van der Waals surface area contributed by atoms with Gasteiger partial charge in [0.25, 0.3) is 0 Å². The molecule has 30 heavy (non-hydrogen) atoms. The molecule has 1 aromatic rings. The molecule has 2 atom stereocenters. The first-order valence-electron chi connectivity index (χ1n) is 10.7. The number of halogens is 1. The predicted octanol–water partition coefficient (Wildman–Crippen LogP) is 2.61. The lowest BCUT2D eigenvalue weighted by molar-refractivity contribution is -0.119. The normalized spacial score (nSPS) is 21.1. The van der Waals surface area contributed by atoms with E-state index in [1.807, 2.05) is 19.2 Å². The van der Waals surface area contributed by atoms with Gasteiger partial charge in [-0.3, -0.25) is 14.7 Å². The summed E-state index contributed by atoms with van der Waals surface area (Å²) in [5.41, 5.74) is 6.71. The van der Waals surface area contributed by atoms with E-state index in [9.17, 15) is 4.79 Å². The molecular weight excluding hydrogens is 493 g/mol. The van der Waals surface area contributed by atoms with E-state index in [4.69, 9.17) is 10.5 Å². The molecule has 2 saturated heterocycles. The first-order chi connectivity index (χ1) is 14.1. The molecule has 0 bridgehead atoms. The summed E-state index contributed by atoms with van der Waals surface area (Å²) in [5.74, 6) is 1.90. The number of likely N-dealkylation sites (tertiary alicyclic amines) is 2. The Morgan fingerprint density at radius 3 is 2.53 bits per heavy atom. The van der Waals surface area contributed by atoms with Gasteiger partial charge >= 0.3 is 0 Å². The summed E-state index contributed by atoms with van der Waals surface area (Å²) in [5, 5.41) is 3.60. The average molecular weight is 529 g/mol. The Morgan fingerprint density at radius 1 is 1.23 bits per heavy atom. The fourth-order valence-electron chi connectivity index (χ4n) is 4.57. The third-order valence-electron chi connectivity index (χ3n) is 6.06. The number of ether oxygens (including phenoxy) is 1. The van der Waals surface area contributed by atoms with Crippen molar-refractivity contribution in [3.05, 3.63) is 29.8 Å². The SMILES string of the molecule is CN=C(NCC(c1ccc(OC)cc1)N1CCCC1)N1CCCC(CC(N)=O)C1.I. The van der Waals surface area contributed by atoms with Crippen LogP contribution in [0.4, 0.5) is 0 Å². The number of guanidine groups is 1. The maximum absolute atomic E-state index is 11.3. The molecule has 2 heterocycles. The van der Waals surface area contributed by atoms with E-state index in [0.29, 0.717) is 18.4 Å². The number of hydrogen-bond acceptors (Lipinski definition) is 4. The van der Waals surface area contributed by atoms with Gasteiger partial charge < -0.3 is 20.7 Å². The van der Waals surface area contributed by atoms with Crippen LogP contribution in [0.2, 0.25) is 0 Å². The Bertz CT molecular complexity index is 691. The van der Waals surface area contributed by atoms with Crippen LogP contribution in [0, 0.1) is 5.92 Å². The van der Waals surface area contributed by atoms with Crippen molar-refractivity contribution in [2.75, 3.05) is 46.9 Å². The number of nitrogens with two attached hydrogens (primary N) is 1. The fraction of sp³-hybridized carbons (Fsp3) is 0.636. The quantitative estimate of drug-likeness (QED) is 0.323. The van der Waals surface area contributed by atoms with Crippen LogP contribution < -0.4 is 15.8 Å². The van der Waals surface area contributed by atoms with Crippen LogP contribution in [-0.2, 0) is 4.79 Å². The highest BCUT2D eigenvalue weighted by Crippen LogP contribution is 2.26. The first kappa shape index (κ1) is 24.7. The van der Waals surface area contributed by atoms with Gasteiger partial charge in [-0.15, -0.1) is 24.0 Å². The van der Waals surface area contributed by atoms with E-state index in [1.165, 1.54) is 18.4 Å². The van der Waals surface area contributed by atoms with Crippen molar-refractivity contribution in [1.29, 1.82) is 0 Å². The summed E-state index contributed by atoms with van der Waals surface area (Å²) in [7, 11) is 3.53. The number of hydrogen-bond donors (Lipinski definition) is 2. The van der Waals surface area contributed by atoms with Crippen LogP contribution in [0.25, 0.3) is 0 Å². The molecule has 0 spiro atoms. The molecule has 2 unspecified atom stereocenters. The zero-order valence-corrected chi connectivity index (χ0v) is 20.5. The number of nitrogens with one attached hydrogen (secondary N) is 1. The smallest absolute Gasteiger partial charge is 0.217 e. The van der Waals surface area contributed by atoms with E-state index in [0.717, 1.165) is 57.3 Å². The standard InChI is InChI=1S/C22H35N5O2.HI/c1-24-22(27-13-5-6-17(16-27)14-21(23)28)25-15-20(26-11-3-4-12-26)18-7-9-19(29-2)10-8-18;/h7-10,17,20H,3-6,11-16H2,1-2H3,(H2,23,28)(H,24,25);1H. The number of amides is 1. The molecule has 2 aliphatic heterocycles. The lowest BCUT2D eigenvalue weighted by atomic mass is 9.95. The van der Waals surface area contributed by atoms with Crippen LogP contribution in [0.1, 0.15) is 43.7 Å². The van der Waals surface area contributed by atoms with Crippen molar-refractivity contribution in [1.82, 2.24) is 15.1 Å². The fourth-order valence-corrected chi connectivity index (χ4v) is 4.57. The van der Waals surface area contributed by atoms with Crippen molar-refractivity contribution in [2.24, 2.45) is 16.6 Å². The molecule has 3 rings (SSSR count). The highest BCUT2D eigenvalue weighted by Gasteiger charge is 2.26. The summed E-state index contributed by atoms with van der Waals surface area (Å²) >= 11 is 0. The van der Waals surface area contributed by atoms with Crippen LogP contribution in [0.5, 0.6) is 5.75 Å². The minimum Gasteiger partial charge on any atom is -0.497 e. The van der Waals surface area contributed by atoms with Gasteiger partial charge in [-0.05, 0) is 62.4 Å². The molecule has 0 radical (unpaired) electrons. The Labute approximate surface area is 197 Å². The molecule has 7 nitrogen and oxygen atoms in total. The molecule has 2 fully saturated rings. The van der Waals surface area contributed by atoms with Crippen LogP contribution in [0.15, 0.2) is 29.3 Å². The molecule has 0 saturated carbocycles. The Balaban J connectivity index is 0.00000320. The predicted molar refractivity (Wildman–Crippen MR) is 131 cm³/mol. The molecule has 8 heteroatoms. The third kappa shape index (κ3) is 6.73. The van der Waals surface area contributed by atoms with Gasteiger partial charge in [0.2, 0.25) is 5.91 Å². The second-order valence-electron chi connectivity index (χ2n) is 8.08. The third-order valence-corrected chi connectivity index (χ3v) is 6.06. The van der Waals surface area contributed by atoms with Crippen LogP contribution >= 0.6 is 24.0 Å². The van der Waals surface area contributed by atoms with Gasteiger partial charge in [0, 0.05) is 33.1 Å². The molecule has 168 valence electrons. The monoisotopic (exact) mass is 529 g/mol. The van der Waals surface area contributed by atoms with Gasteiger partial charge in [-0.1, -0.05) is 12.1 Å². The molecule has 1 aromatic carbocycles. The van der Waals surface area contributed by atoms with E-state index >= 15 is 0 Å². The van der Waals surface area contributed by atoms with Gasteiger partial charge in [0.15, 0.2) is 5.96 Å². The van der Waals surface area contributed by atoms with Crippen molar-refractivity contribution in [3.8, 4) is 5.75 Å². The largest absolute Gasteiger partial charge is 0.497 e. The molecule has 1 amide bonds. The number of carbonyl (C=O) groups is 1. The Morgan fingerprint density at radius 2 is 1.93 bits per heavy atom. The maximum atomic E-state index is 11.3. The highest BCUT2D eigenvalue weighted by molar-refractivity contribution is 14.0. The van der Waals surface area contributed by atoms with E-state index in [2.05, 4.69) is 32.2 Å². The van der Waals surface area contributed by atoms with Gasteiger partial charge in [0.1, 0.15) is 5.75 Å². The number of aliphatic imine (C=N–C) groups is 1. The number of carbonyl (C=O) groups excluding carboxylic acids is 1. The number of nitrogens with zero attached hydrogens (tertiary/aromatic N) is 3. The summed E-state index contributed by atoms with van der Waals surface area (Å²) in [6.07, 6.45) is 5.08. The zero-order chi connectivity index (χ0) is 20.6. The minimum atomic E-state index is -0.214.